The number of nitrogens with zero attached hydrogens (tertiary/aromatic N) is 1. The maximum Gasteiger partial charge on any atom is 0.255 e. The van der Waals surface area contributed by atoms with Crippen molar-refractivity contribution in [2.75, 3.05) is 30.6 Å². The van der Waals surface area contributed by atoms with E-state index in [0.717, 1.165) is 5.69 Å². The quantitative estimate of drug-likeness (QED) is 0.914. The summed E-state index contributed by atoms with van der Waals surface area (Å²) in [5, 5.41) is 2.79. The molecule has 2 rings (SSSR count). The summed E-state index contributed by atoms with van der Waals surface area (Å²) in [6.07, 6.45) is 1.19. The van der Waals surface area contributed by atoms with Crippen LogP contribution in [0.4, 0.5) is 11.4 Å². The molecule has 0 bridgehead atoms. The van der Waals surface area contributed by atoms with Crippen LogP contribution in [0, 0.1) is 0 Å². The maximum absolute atomic E-state index is 12.2. The van der Waals surface area contributed by atoms with Gasteiger partial charge in [-0.25, -0.2) is 8.42 Å². The van der Waals surface area contributed by atoms with E-state index in [2.05, 4.69) is 5.32 Å². The summed E-state index contributed by atoms with van der Waals surface area (Å²) in [6.45, 7) is 0. The van der Waals surface area contributed by atoms with Gasteiger partial charge in [-0.15, -0.1) is 0 Å². The number of hydrogen-bond donors (Lipinski definition) is 1. The van der Waals surface area contributed by atoms with Crippen molar-refractivity contribution in [3.05, 3.63) is 59.7 Å². The summed E-state index contributed by atoms with van der Waals surface area (Å²) in [4.78, 5) is 14.2. The van der Waals surface area contributed by atoms with Crippen molar-refractivity contribution >= 4 is 27.1 Å². The highest BCUT2D eigenvalue weighted by molar-refractivity contribution is 7.89. The Hall–Kier alpha value is -2.34. The minimum absolute atomic E-state index is 0.0474. The smallest absolute Gasteiger partial charge is 0.255 e. The first kappa shape index (κ1) is 17.0. The zero-order valence-electron chi connectivity index (χ0n) is 13.4. The summed E-state index contributed by atoms with van der Waals surface area (Å²) >= 11 is 0. The van der Waals surface area contributed by atoms with Crippen molar-refractivity contribution in [1.29, 1.82) is 0 Å². The summed E-state index contributed by atoms with van der Waals surface area (Å²) < 4.78 is 22.7. The van der Waals surface area contributed by atoms with Crippen LogP contribution in [0.25, 0.3) is 0 Å². The standard InChI is InChI=1S/C17H20N2O3S/c1-19(2)16-9-7-14(8-10-16)17(20)18-15-6-4-5-13(11-15)12-23(3,21)22/h4-11H,12H2,1-3H3,(H,18,20). The molecule has 2 aromatic rings. The molecule has 0 spiro atoms. The molecule has 0 aromatic heterocycles. The van der Waals surface area contributed by atoms with E-state index in [4.69, 9.17) is 0 Å². The molecule has 1 N–H and O–H groups in total. The van der Waals surface area contributed by atoms with E-state index < -0.39 is 9.84 Å². The molecule has 1 amide bonds. The molecular weight excluding hydrogens is 312 g/mol. The van der Waals surface area contributed by atoms with Gasteiger partial charge in [0.1, 0.15) is 0 Å². The van der Waals surface area contributed by atoms with Crippen LogP contribution >= 0.6 is 0 Å². The van der Waals surface area contributed by atoms with Gasteiger partial charge in [0, 0.05) is 37.3 Å². The molecule has 0 aliphatic rings. The average molecular weight is 332 g/mol. The SMILES string of the molecule is CN(C)c1ccc(C(=O)Nc2cccc(CS(C)(=O)=O)c2)cc1. The van der Waals surface area contributed by atoms with Gasteiger partial charge in [0.15, 0.2) is 9.84 Å². The predicted molar refractivity (Wildman–Crippen MR) is 93.7 cm³/mol. The van der Waals surface area contributed by atoms with Gasteiger partial charge in [-0.3, -0.25) is 4.79 Å². The van der Waals surface area contributed by atoms with E-state index in [1.807, 2.05) is 31.1 Å². The van der Waals surface area contributed by atoms with Crippen molar-refractivity contribution in [2.24, 2.45) is 0 Å². The Kier molecular flexibility index (Phi) is 5.05. The number of amides is 1. The number of benzene rings is 2. The van der Waals surface area contributed by atoms with Gasteiger partial charge in [0.2, 0.25) is 0 Å². The summed E-state index contributed by atoms with van der Waals surface area (Å²) in [7, 11) is 0.761. The Bertz CT molecular complexity index is 797. The normalized spacial score (nSPS) is 11.1. The van der Waals surface area contributed by atoms with E-state index >= 15 is 0 Å². The lowest BCUT2D eigenvalue weighted by Crippen LogP contribution is -2.13. The third-order valence-corrected chi connectivity index (χ3v) is 4.12. The second kappa shape index (κ2) is 6.83. The van der Waals surface area contributed by atoms with Gasteiger partial charge in [-0.05, 0) is 42.0 Å². The van der Waals surface area contributed by atoms with Crippen molar-refractivity contribution in [2.45, 2.75) is 5.75 Å². The number of anilines is 2. The van der Waals surface area contributed by atoms with Crippen LogP contribution in [0.3, 0.4) is 0 Å². The largest absolute Gasteiger partial charge is 0.378 e. The maximum atomic E-state index is 12.2. The van der Waals surface area contributed by atoms with Crippen LogP contribution in [-0.2, 0) is 15.6 Å². The number of nitrogens with one attached hydrogen (secondary N) is 1. The topological polar surface area (TPSA) is 66.5 Å². The van der Waals surface area contributed by atoms with E-state index in [1.54, 1.807) is 36.4 Å². The molecule has 122 valence electrons. The summed E-state index contributed by atoms with van der Waals surface area (Å²) in [6, 6.07) is 14.1. The highest BCUT2D eigenvalue weighted by Crippen LogP contribution is 2.16. The molecule has 0 aliphatic carbocycles. The van der Waals surface area contributed by atoms with E-state index in [9.17, 15) is 13.2 Å². The van der Waals surface area contributed by atoms with Crippen LogP contribution < -0.4 is 10.2 Å². The molecule has 6 heteroatoms. The van der Waals surface area contributed by atoms with Crippen LogP contribution in [0.15, 0.2) is 48.5 Å². The van der Waals surface area contributed by atoms with E-state index in [-0.39, 0.29) is 11.7 Å². The minimum atomic E-state index is -3.10. The molecule has 0 heterocycles. The molecule has 0 fully saturated rings. The highest BCUT2D eigenvalue weighted by atomic mass is 32.2. The Balaban J connectivity index is 2.12. The van der Waals surface area contributed by atoms with Crippen molar-refractivity contribution in [1.82, 2.24) is 0 Å². The summed E-state index contributed by atoms with van der Waals surface area (Å²) in [5.74, 6) is -0.277. The predicted octanol–water partition coefficient (Wildman–Crippen LogP) is 2.55. The number of sulfone groups is 1. The first-order valence-electron chi connectivity index (χ1n) is 7.10. The molecule has 2 aromatic carbocycles. The lowest BCUT2D eigenvalue weighted by Gasteiger charge is -2.13. The fourth-order valence-electron chi connectivity index (χ4n) is 2.16. The molecule has 5 nitrogen and oxygen atoms in total. The van der Waals surface area contributed by atoms with Gasteiger partial charge in [0.05, 0.1) is 5.75 Å². The molecule has 23 heavy (non-hydrogen) atoms. The second-order valence-corrected chi connectivity index (χ2v) is 7.81. The Morgan fingerprint density at radius 1 is 1.09 bits per heavy atom. The molecule has 0 saturated carbocycles. The third-order valence-electron chi connectivity index (χ3n) is 3.26. The number of carbonyl (C=O) groups excluding carboxylic acids is 1. The zero-order valence-corrected chi connectivity index (χ0v) is 14.2. The lowest BCUT2D eigenvalue weighted by molar-refractivity contribution is 0.102. The molecule has 0 saturated heterocycles. The Morgan fingerprint density at radius 2 is 1.74 bits per heavy atom. The molecule has 0 radical (unpaired) electrons. The Labute approximate surface area is 136 Å². The monoisotopic (exact) mass is 332 g/mol. The van der Waals surface area contributed by atoms with E-state index in [0.29, 0.717) is 16.8 Å². The van der Waals surface area contributed by atoms with Crippen molar-refractivity contribution in [3.63, 3.8) is 0 Å². The van der Waals surface area contributed by atoms with Crippen LogP contribution in [-0.4, -0.2) is 34.7 Å². The first-order valence-corrected chi connectivity index (χ1v) is 9.16. The van der Waals surface area contributed by atoms with Gasteiger partial charge < -0.3 is 10.2 Å². The fourth-order valence-corrected chi connectivity index (χ4v) is 2.94. The lowest BCUT2D eigenvalue weighted by atomic mass is 10.1. The highest BCUT2D eigenvalue weighted by Gasteiger charge is 2.09. The van der Waals surface area contributed by atoms with Gasteiger partial charge in [-0.2, -0.15) is 0 Å². The molecule has 0 unspecified atom stereocenters. The van der Waals surface area contributed by atoms with Crippen LogP contribution in [0.2, 0.25) is 0 Å². The Morgan fingerprint density at radius 3 is 2.30 bits per heavy atom. The molecule has 0 aliphatic heterocycles. The zero-order chi connectivity index (χ0) is 17.0. The fraction of sp³-hybridized carbons (Fsp3) is 0.235. The van der Waals surface area contributed by atoms with Gasteiger partial charge in [0.25, 0.3) is 5.91 Å². The molecule has 0 atom stereocenters. The van der Waals surface area contributed by atoms with Gasteiger partial charge >= 0.3 is 0 Å². The number of carbonyl (C=O) groups is 1. The minimum Gasteiger partial charge on any atom is -0.378 e. The first-order chi connectivity index (χ1) is 10.7. The number of rotatable bonds is 5. The van der Waals surface area contributed by atoms with Crippen molar-refractivity contribution < 1.29 is 13.2 Å². The third kappa shape index (κ3) is 5.10. The number of hydrogen-bond acceptors (Lipinski definition) is 4. The van der Waals surface area contributed by atoms with Crippen LogP contribution in [0.5, 0.6) is 0 Å². The van der Waals surface area contributed by atoms with Gasteiger partial charge in [-0.1, -0.05) is 12.1 Å². The van der Waals surface area contributed by atoms with E-state index in [1.165, 1.54) is 6.26 Å². The molecular formula is C17H20N2O3S. The second-order valence-electron chi connectivity index (χ2n) is 5.67. The van der Waals surface area contributed by atoms with Crippen molar-refractivity contribution in [3.8, 4) is 0 Å². The average Bonchev–Trinajstić information content (AvgIpc) is 2.46. The van der Waals surface area contributed by atoms with Crippen LogP contribution in [0.1, 0.15) is 15.9 Å². The summed E-state index contributed by atoms with van der Waals surface area (Å²) in [5.41, 5.74) is 2.78.